The molecule has 34 heavy (non-hydrogen) atoms. The van der Waals surface area contributed by atoms with E-state index >= 15 is 0 Å². The predicted octanol–water partition coefficient (Wildman–Crippen LogP) is 3.63. The highest BCUT2D eigenvalue weighted by molar-refractivity contribution is 5.81. The highest BCUT2D eigenvalue weighted by Gasteiger charge is 2.72. The molecule has 4 rings (SSSR count). The summed E-state index contributed by atoms with van der Waals surface area (Å²) in [4.78, 5) is 35.5. The van der Waals surface area contributed by atoms with E-state index < -0.39 is 48.2 Å². The number of ether oxygens (including phenoxy) is 1. The molecule has 0 aromatic heterocycles. The van der Waals surface area contributed by atoms with Crippen molar-refractivity contribution in [2.45, 2.75) is 25.2 Å². The summed E-state index contributed by atoms with van der Waals surface area (Å²) in [7, 11) is 0. The van der Waals surface area contributed by atoms with E-state index in [-0.39, 0.29) is 19.1 Å². The first-order valence-electron chi connectivity index (χ1n) is 11.2. The predicted molar refractivity (Wildman–Crippen MR) is 119 cm³/mol. The summed E-state index contributed by atoms with van der Waals surface area (Å²) in [5.41, 5.74) is 4.39. The third-order valence-electron chi connectivity index (χ3n) is 6.66. The molecule has 2 amide bonds. The van der Waals surface area contributed by atoms with Crippen molar-refractivity contribution in [3.63, 3.8) is 0 Å². The number of carbonyl (C=O) groups excluding carboxylic acids is 2. The normalized spacial score (nSPS) is 20.6. The van der Waals surface area contributed by atoms with Crippen LogP contribution in [0, 0.1) is 17.8 Å². The Balaban J connectivity index is 1.27. The quantitative estimate of drug-likeness (QED) is 0.517. The number of rotatable bonds is 9. The number of fused-ring (bicyclic) bond motifs is 3. The molecular weight excluding hydrogens is 446 g/mol. The number of nitrogens with one attached hydrogen (secondary N) is 2. The number of carboxylic acid groups (broad SMARTS) is 1. The van der Waals surface area contributed by atoms with Gasteiger partial charge in [0.1, 0.15) is 12.5 Å². The van der Waals surface area contributed by atoms with Crippen molar-refractivity contribution >= 4 is 18.0 Å². The van der Waals surface area contributed by atoms with Crippen molar-refractivity contribution in [1.29, 1.82) is 0 Å². The lowest BCUT2D eigenvalue weighted by atomic mass is 9.98. The third kappa shape index (κ3) is 4.47. The topological polar surface area (TPSA) is 105 Å². The second kappa shape index (κ2) is 9.40. The van der Waals surface area contributed by atoms with Crippen LogP contribution in [0.4, 0.5) is 13.6 Å². The molecule has 3 atom stereocenters. The van der Waals surface area contributed by atoms with Crippen LogP contribution in [0.2, 0.25) is 0 Å². The second-order valence-electron chi connectivity index (χ2n) is 8.65. The average molecular weight is 472 g/mol. The van der Waals surface area contributed by atoms with Gasteiger partial charge in [0, 0.05) is 19.0 Å². The van der Waals surface area contributed by atoms with Crippen LogP contribution in [0.25, 0.3) is 11.1 Å². The lowest BCUT2D eigenvalue weighted by Crippen LogP contribution is -2.40. The summed E-state index contributed by atoms with van der Waals surface area (Å²) in [6, 6.07) is 15.9. The van der Waals surface area contributed by atoms with E-state index in [0.29, 0.717) is 6.42 Å². The molecule has 3 N–H and O–H groups in total. The maximum Gasteiger partial charge on any atom is 0.407 e. The Bertz CT molecular complexity index is 1060. The van der Waals surface area contributed by atoms with Crippen LogP contribution in [0.3, 0.4) is 0 Å². The van der Waals surface area contributed by atoms with E-state index in [0.717, 1.165) is 22.3 Å². The molecule has 1 fully saturated rings. The van der Waals surface area contributed by atoms with Gasteiger partial charge in [-0.15, -0.1) is 0 Å². The Morgan fingerprint density at radius 2 is 1.62 bits per heavy atom. The molecule has 2 aromatic carbocycles. The van der Waals surface area contributed by atoms with Gasteiger partial charge in [-0.05, 0) is 28.7 Å². The minimum atomic E-state index is -3.32. The molecule has 0 saturated heterocycles. The van der Waals surface area contributed by atoms with Crippen LogP contribution in [0.15, 0.2) is 48.5 Å². The maximum absolute atomic E-state index is 13.5. The van der Waals surface area contributed by atoms with E-state index in [1.165, 1.54) is 0 Å². The molecule has 0 radical (unpaired) electrons. The Kier molecular flexibility index (Phi) is 6.54. The number of carbonyl (C=O) groups is 3. The Hall–Kier alpha value is -3.49. The fourth-order valence-corrected chi connectivity index (χ4v) is 4.61. The van der Waals surface area contributed by atoms with Gasteiger partial charge in [-0.1, -0.05) is 55.5 Å². The molecular formula is C25H26F2N2O5. The summed E-state index contributed by atoms with van der Waals surface area (Å²) in [5, 5.41) is 13.8. The highest BCUT2D eigenvalue weighted by Crippen LogP contribution is 2.54. The van der Waals surface area contributed by atoms with Crippen molar-refractivity contribution in [3.8, 4) is 11.1 Å². The minimum absolute atomic E-state index is 0.0254. The summed E-state index contributed by atoms with van der Waals surface area (Å²) < 4.78 is 32.4. The molecule has 2 aliphatic rings. The smallest absolute Gasteiger partial charge is 0.407 e. The Morgan fingerprint density at radius 3 is 2.15 bits per heavy atom. The zero-order chi connectivity index (χ0) is 24.5. The highest BCUT2D eigenvalue weighted by atomic mass is 19.3. The van der Waals surface area contributed by atoms with Gasteiger partial charge in [0.15, 0.2) is 0 Å². The van der Waals surface area contributed by atoms with Crippen molar-refractivity contribution in [1.82, 2.24) is 10.6 Å². The summed E-state index contributed by atoms with van der Waals surface area (Å²) in [6.07, 6.45) is -0.313. The molecule has 180 valence electrons. The molecule has 9 heteroatoms. The zero-order valence-corrected chi connectivity index (χ0v) is 18.6. The third-order valence-corrected chi connectivity index (χ3v) is 6.66. The minimum Gasteiger partial charge on any atom is -0.481 e. The molecule has 2 aliphatic carbocycles. The Labute approximate surface area is 195 Å². The van der Waals surface area contributed by atoms with Crippen molar-refractivity contribution in [2.24, 2.45) is 17.8 Å². The number of alkyl halides is 2. The van der Waals surface area contributed by atoms with Crippen LogP contribution in [0.5, 0.6) is 0 Å². The molecule has 0 spiro atoms. The van der Waals surface area contributed by atoms with E-state index in [2.05, 4.69) is 10.6 Å². The SMILES string of the molecule is CCC(CNC(=O)OCC1c2ccccc2-c2ccccc21)C(=O)NCC1C(C(=O)O)C1(F)F. The summed E-state index contributed by atoms with van der Waals surface area (Å²) in [5.74, 6) is -9.35. The lowest BCUT2D eigenvalue weighted by Gasteiger charge is -2.17. The average Bonchev–Trinajstić information content (AvgIpc) is 3.23. The molecule has 3 unspecified atom stereocenters. The van der Waals surface area contributed by atoms with E-state index in [1.807, 2.05) is 48.5 Å². The van der Waals surface area contributed by atoms with Crippen molar-refractivity contribution < 1.29 is 33.0 Å². The fraction of sp³-hybridized carbons (Fsp3) is 0.400. The van der Waals surface area contributed by atoms with Crippen molar-refractivity contribution in [2.75, 3.05) is 19.7 Å². The summed E-state index contributed by atoms with van der Waals surface area (Å²) >= 11 is 0. The number of hydrogen-bond donors (Lipinski definition) is 3. The van der Waals surface area contributed by atoms with Gasteiger partial charge in [-0.3, -0.25) is 9.59 Å². The first kappa shape index (κ1) is 23.7. The number of alkyl carbamates (subject to hydrolysis) is 1. The molecule has 0 aliphatic heterocycles. The first-order valence-corrected chi connectivity index (χ1v) is 11.2. The first-order chi connectivity index (χ1) is 16.3. The van der Waals surface area contributed by atoms with Gasteiger partial charge in [-0.2, -0.15) is 0 Å². The number of halogens is 2. The molecule has 1 saturated carbocycles. The standard InChI is InChI=1S/C25H26F2N2O5/c1-2-14(22(30)28-12-20-21(23(31)32)25(20,26)27)11-29-24(33)34-13-19-17-9-5-3-7-15(17)16-8-4-6-10-18(16)19/h3-10,14,19-21H,2,11-13H2,1H3,(H,28,30)(H,29,33)(H,31,32). The van der Waals surface area contributed by atoms with Gasteiger partial charge < -0.3 is 20.5 Å². The number of aliphatic carboxylic acids is 1. The number of hydrogen-bond acceptors (Lipinski definition) is 4. The van der Waals surface area contributed by atoms with Crippen molar-refractivity contribution in [3.05, 3.63) is 59.7 Å². The molecule has 0 bridgehead atoms. The van der Waals surface area contributed by atoms with Gasteiger partial charge >= 0.3 is 12.1 Å². The zero-order valence-electron chi connectivity index (χ0n) is 18.6. The largest absolute Gasteiger partial charge is 0.481 e. The van der Waals surface area contributed by atoms with Gasteiger partial charge in [0.2, 0.25) is 5.91 Å². The van der Waals surface area contributed by atoms with Crippen LogP contribution in [0.1, 0.15) is 30.4 Å². The number of carboxylic acids is 1. The van der Waals surface area contributed by atoms with Crippen LogP contribution < -0.4 is 10.6 Å². The monoisotopic (exact) mass is 472 g/mol. The Morgan fingerprint density at radius 1 is 1.03 bits per heavy atom. The molecule has 7 nitrogen and oxygen atoms in total. The van der Waals surface area contributed by atoms with Crippen LogP contribution in [-0.4, -0.2) is 48.7 Å². The van der Waals surface area contributed by atoms with Gasteiger partial charge in [-0.25, -0.2) is 13.6 Å². The second-order valence-corrected chi connectivity index (χ2v) is 8.65. The van der Waals surface area contributed by atoms with E-state index in [4.69, 9.17) is 9.84 Å². The number of benzene rings is 2. The molecule has 2 aromatic rings. The maximum atomic E-state index is 13.5. The molecule has 0 heterocycles. The fourth-order valence-electron chi connectivity index (χ4n) is 4.61. The van der Waals surface area contributed by atoms with Gasteiger partial charge in [0.25, 0.3) is 5.92 Å². The van der Waals surface area contributed by atoms with E-state index in [1.54, 1.807) is 6.92 Å². The van der Waals surface area contributed by atoms with Crippen LogP contribution >= 0.6 is 0 Å². The van der Waals surface area contributed by atoms with Crippen LogP contribution in [-0.2, 0) is 14.3 Å². The van der Waals surface area contributed by atoms with E-state index in [9.17, 15) is 23.2 Å². The van der Waals surface area contributed by atoms with Gasteiger partial charge in [0.05, 0.1) is 11.8 Å². The summed E-state index contributed by atoms with van der Waals surface area (Å²) in [6.45, 7) is 1.41. The lowest BCUT2D eigenvalue weighted by molar-refractivity contribution is -0.141. The number of amides is 2.